The fraction of sp³-hybridized carbons (Fsp3) is 0.115. The van der Waals surface area contributed by atoms with E-state index in [0.717, 1.165) is 23.4 Å². The van der Waals surface area contributed by atoms with Crippen molar-refractivity contribution in [3.05, 3.63) is 107 Å². The molecular formula is C26H23ClN4O. The van der Waals surface area contributed by atoms with E-state index in [4.69, 9.17) is 11.6 Å². The summed E-state index contributed by atoms with van der Waals surface area (Å²) in [5.74, 6) is 0.386. The van der Waals surface area contributed by atoms with E-state index in [2.05, 4.69) is 51.8 Å². The number of nitrogens with zero attached hydrogens (tertiary/aromatic N) is 2. The smallest absolute Gasteiger partial charge is 0.251 e. The summed E-state index contributed by atoms with van der Waals surface area (Å²) in [6.07, 6.45) is 2.50. The van der Waals surface area contributed by atoms with E-state index >= 15 is 0 Å². The summed E-state index contributed by atoms with van der Waals surface area (Å²) in [5, 5.41) is 6.83. The monoisotopic (exact) mass is 442 g/mol. The van der Waals surface area contributed by atoms with Gasteiger partial charge in [-0.2, -0.15) is 0 Å². The molecule has 1 heterocycles. The average molecular weight is 443 g/mol. The van der Waals surface area contributed by atoms with Crippen molar-refractivity contribution in [1.29, 1.82) is 0 Å². The summed E-state index contributed by atoms with van der Waals surface area (Å²) in [4.78, 5) is 21.3. The van der Waals surface area contributed by atoms with Crippen molar-refractivity contribution >= 4 is 29.1 Å². The van der Waals surface area contributed by atoms with Crippen LogP contribution in [-0.2, 0) is 6.42 Å². The zero-order valence-electron chi connectivity index (χ0n) is 17.7. The first-order chi connectivity index (χ1) is 15.6. The maximum absolute atomic E-state index is 12.4. The molecule has 32 heavy (non-hydrogen) atoms. The summed E-state index contributed by atoms with van der Waals surface area (Å²) >= 11 is 5.96. The molecular weight excluding hydrogens is 420 g/mol. The van der Waals surface area contributed by atoms with Gasteiger partial charge in [0.05, 0.1) is 5.69 Å². The van der Waals surface area contributed by atoms with Crippen molar-refractivity contribution in [1.82, 2.24) is 15.3 Å². The number of rotatable bonds is 7. The van der Waals surface area contributed by atoms with E-state index < -0.39 is 0 Å². The van der Waals surface area contributed by atoms with Crippen LogP contribution in [-0.4, -0.2) is 22.4 Å². The third-order valence-electron chi connectivity index (χ3n) is 5.02. The molecule has 4 aromatic rings. The van der Waals surface area contributed by atoms with Gasteiger partial charge in [-0.05, 0) is 61.4 Å². The third-order valence-corrected chi connectivity index (χ3v) is 5.27. The van der Waals surface area contributed by atoms with Crippen LogP contribution in [0.1, 0.15) is 21.5 Å². The molecule has 0 radical (unpaired) electrons. The molecule has 1 amide bonds. The number of aryl methyl sites for hydroxylation is 1. The molecule has 5 nitrogen and oxygen atoms in total. The van der Waals surface area contributed by atoms with Gasteiger partial charge in [-0.1, -0.05) is 53.6 Å². The maximum atomic E-state index is 12.4. The van der Waals surface area contributed by atoms with Gasteiger partial charge < -0.3 is 10.6 Å². The van der Waals surface area contributed by atoms with E-state index in [1.807, 2.05) is 42.5 Å². The van der Waals surface area contributed by atoms with Crippen LogP contribution in [0.4, 0.5) is 11.6 Å². The Morgan fingerprint density at radius 3 is 2.34 bits per heavy atom. The van der Waals surface area contributed by atoms with E-state index in [9.17, 15) is 4.79 Å². The zero-order valence-corrected chi connectivity index (χ0v) is 18.4. The molecule has 0 saturated carbocycles. The number of carbonyl (C=O) groups excluding carboxylic acids is 1. The van der Waals surface area contributed by atoms with Gasteiger partial charge in [-0.25, -0.2) is 9.97 Å². The number of benzene rings is 3. The minimum atomic E-state index is -0.0929. The zero-order chi connectivity index (χ0) is 22.3. The highest BCUT2D eigenvalue weighted by Gasteiger charge is 2.07. The molecule has 4 rings (SSSR count). The number of carbonyl (C=O) groups is 1. The summed E-state index contributed by atoms with van der Waals surface area (Å²) in [6.45, 7) is 2.65. The Hall–Kier alpha value is -3.70. The van der Waals surface area contributed by atoms with Crippen LogP contribution in [0.25, 0.3) is 11.3 Å². The molecule has 0 aliphatic carbocycles. The van der Waals surface area contributed by atoms with Crippen LogP contribution in [0.5, 0.6) is 0 Å². The number of anilines is 2. The summed E-state index contributed by atoms with van der Waals surface area (Å²) < 4.78 is 0. The summed E-state index contributed by atoms with van der Waals surface area (Å²) in [7, 11) is 0. The third kappa shape index (κ3) is 5.71. The molecule has 0 fully saturated rings. The van der Waals surface area contributed by atoms with Crippen molar-refractivity contribution in [2.45, 2.75) is 13.3 Å². The standard InChI is InChI=1S/C26H23ClN4O/c1-18-2-4-19(5-3-18)14-16-28-25(32)21-8-12-23(13-9-21)30-26-29-17-15-24(31-26)20-6-10-22(27)11-7-20/h2-13,15,17H,14,16H2,1H3,(H,28,32)(H,29,30,31). The molecule has 0 saturated heterocycles. The van der Waals surface area contributed by atoms with Crippen molar-refractivity contribution in [2.24, 2.45) is 0 Å². The first-order valence-corrected chi connectivity index (χ1v) is 10.7. The van der Waals surface area contributed by atoms with Crippen molar-refractivity contribution in [3.63, 3.8) is 0 Å². The van der Waals surface area contributed by atoms with Crippen LogP contribution >= 0.6 is 11.6 Å². The van der Waals surface area contributed by atoms with Crippen LogP contribution < -0.4 is 10.6 Å². The lowest BCUT2D eigenvalue weighted by atomic mass is 10.1. The molecule has 0 aliphatic heterocycles. The van der Waals surface area contributed by atoms with Gasteiger partial charge in [-0.3, -0.25) is 4.79 Å². The molecule has 2 N–H and O–H groups in total. The van der Waals surface area contributed by atoms with Crippen molar-refractivity contribution in [3.8, 4) is 11.3 Å². The van der Waals surface area contributed by atoms with Gasteiger partial charge in [0.2, 0.25) is 5.95 Å². The van der Waals surface area contributed by atoms with Crippen molar-refractivity contribution in [2.75, 3.05) is 11.9 Å². The maximum Gasteiger partial charge on any atom is 0.251 e. The largest absolute Gasteiger partial charge is 0.352 e. The summed E-state index contributed by atoms with van der Waals surface area (Å²) in [6, 6.07) is 24.9. The predicted octanol–water partition coefficient (Wildman–Crippen LogP) is 5.82. The molecule has 0 unspecified atom stereocenters. The highest BCUT2D eigenvalue weighted by atomic mass is 35.5. The Kier molecular flexibility index (Phi) is 6.78. The molecule has 3 aromatic carbocycles. The quantitative estimate of drug-likeness (QED) is 0.378. The minimum absolute atomic E-state index is 0.0929. The Bertz CT molecular complexity index is 1190. The Labute approximate surface area is 192 Å². The molecule has 0 aliphatic rings. The molecule has 160 valence electrons. The lowest BCUT2D eigenvalue weighted by molar-refractivity contribution is 0.0954. The Morgan fingerprint density at radius 2 is 1.62 bits per heavy atom. The lowest BCUT2D eigenvalue weighted by Crippen LogP contribution is -2.25. The first-order valence-electron chi connectivity index (χ1n) is 10.4. The lowest BCUT2D eigenvalue weighted by Gasteiger charge is -2.09. The van der Waals surface area contributed by atoms with Crippen molar-refractivity contribution < 1.29 is 4.79 Å². The molecule has 0 spiro atoms. The predicted molar refractivity (Wildman–Crippen MR) is 129 cm³/mol. The Balaban J connectivity index is 1.34. The van der Waals surface area contributed by atoms with E-state index in [1.165, 1.54) is 11.1 Å². The fourth-order valence-electron chi connectivity index (χ4n) is 3.21. The number of aromatic nitrogens is 2. The minimum Gasteiger partial charge on any atom is -0.352 e. The number of hydrogen-bond donors (Lipinski definition) is 2. The van der Waals surface area contributed by atoms with Gasteiger partial charge in [-0.15, -0.1) is 0 Å². The number of amides is 1. The van der Waals surface area contributed by atoms with E-state index in [1.54, 1.807) is 18.3 Å². The average Bonchev–Trinajstić information content (AvgIpc) is 2.81. The van der Waals surface area contributed by atoms with Gasteiger partial charge in [0.1, 0.15) is 0 Å². The van der Waals surface area contributed by atoms with E-state index in [-0.39, 0.29) is 5.91 Å². The SMILES string of the molecule is Cc1ccc(CCNC(=O)c2ccc(Nc3nccc(-c4ccc(Cl)cc4)n3)cc2)cc1. The molecule has 1 aromatic heterocycles. The fourth-order valence-corrected chi connectivity index (χ4v) is 3.34. The van der Waals surface area contributed by atoms with Gasteiger partial charge in [0.15, 0.2) is 0 Å². The highest BCUT2D eigenvalue weighted by molar-refractivity contribution is 6.30. The normalized spacial score (nSPS) is 10.6. The topological polar surface area (TPSA) is 66.9 Å². The van der Waals surface area contributed by atoms with Gasteiger partial charge in [0.25, 0.3) is 5.91 Å². The molecule has 0 bridgehead atoms. The van der Waals surface area contributed by atoms with E-state index in [0.29, 0.717) is 23.1 Å². The van der Waals surface area contributed by atoms with Crippen LogP contribution in [0, 0.1) is 6.92 Å². The van der Waals surface area contributed by atoms with Crippen LogP contribution in [0.2, 0.25) is 5.02 Å². The number of hydrogen-bond acceptors (Lipinski definition) is 4. The first kappa shape index (κ1) is 21.5. The van der Waals surface area contributed by atoms with Crippen LogP contribution in [0.3, 0.4) is 0 Å². The molecule has 0 atom stereocenters. The van der Waals surface area contributed by atoms with Gasteiger partial charge >= 0.3 is 0 Å². The number of nitrogens with one attached hydrogen (secondary N) is 2. The molecule has 6 heteroatoms. The Morgan fingerprint density at radius 1 is 0.906 bits per heavy atom. The van der Waals surface area contributed by atoms with Crippen LogP contribution in [0.15, 0.2) is 85.1 Å². The second-order valence-corrected chi connectivity index (χ2v) is 7.90. The second kappa shape index (κ2) is 10.1. The highest BCUT2D eigenvalue weighted by Crippen LogP contribution is 2.21. The summed E-state index contributed by atoms with van der Waals surface area (Å²) in [5.41, 5.74) is 5.59. The number of halogens is 1. The second-order valence-electron chi connectivity index (χ2n) is 7.47. The van der Waals surface area contributed by atoms with Gasteiger partial charge in [0, 0.05) is 34.6 Å².